The van der Waals surface area contributed by atoms with Gasteiger partial charge in [0.2, 0.25) is 0 Å². The van der Waals surface area contributed by atoms with Gasteiger partial charge in [-0.2, -0.15) is 0 Å². The Hall–Kier alpha value is -2.55. The second-order valence-corrected chi connectivity index (χ2v) is 9.24. The molecule has 4 fully saturated rings. The molecule has 0 radical (unpaired) electrons. The average Bonchev–Trinajstić information content (AvgIpc) is 2.72. The minimum absolute atomic E-state index is 0.248. The van der Waals surface area contributed by atoms with Crippen molar-refractivity contribution in [3.63, 3.8) is 0 Å². The van der Waals surface area contributed by atoms with Crippen LogP contribution < -0.4 is 9.47 Å². The molecule has 0 unspecified atom stereocenters. The molecule has 0 aliphatic heterocycles. The standard InChI is InChI=1S/C26H28O3/c1-3-20-6-4-5-7-22(20)25(27)29-21-8-9-23(24(13-21)28-2)26-14-17-10-18(15-26)12-19(11-17)16-26/h3-9,13,17-19H,1,10-12,14-16H2,2H3. The summed E-state index contributed by atoms with van der Waals surface area (Å²) in [5.74, 6) is 3.63. The Morgan fingerprint density at radius 1 is 1.03 bits per heavy atom. The van der Waals surface area contributed by atoms with Gasteiger partial charge in [-0.05, 0) is 79.4 Å². The Balaban J connectivity index is 1.43. The molecule has 4 bridgehead atoms. The van der Waals surface area contributed by atoms with Gasteiger partial charge in [0.05, 0.1) is 12.7 Å². The number of hydrogen-bond acceptors (Lipinski definition) is 3. The summed E-state index contributed by atoms with van der Waals surface area (Å²) in [7, 11) is 1.72. The van der Waals surface area contributed by atoms with Gasteiger partial charge in [-0.3, -0.25) is 0 Å². The van der Waals surface area contributed by atoms with Gasteiger partial charge in [-0.25, -0.2) is 4.79 Å². The number of hydrogen-bond donors (Lipinski definition) is 0. The Morgan fingerprint density at radius 2 is 1.69 bits per heavy atom. The highest BCUT2D eigenvalue weighted by molar-refractivity contribution is 5.94. The highest BCUT2D eigenvalue weighted by atomic mass is 16.5. The maximum absolute atomic E-state index is 12.7. The lowest BCUT2D eigenvalue weighted by atomic mass is 9.48. The predicted molar refractivity (Wildman–Crippen MR) is 114 cm³/mol. The van der Waals surface area contributed by atoms with E-state index in [1.807, 2.05) is 30.3 Å². The second kappa shape index (κ2) is 7.05. The second-order valence-electron chi connectivity index (χ2n) is 9.24. The molecule has 2 aromatic rings. The van der Waals surface area contributed by atoms with Gasteiger partial charge in [-0.1, -0.05) is 36.9 Å². The Bertz CT molecular complexity index is 923. The van der Waals surface area contributed by atoms with Gasteiger partial charge >= 0.3 is 5.97 Å². The van der Waals surface area contributed by atoms with Crippen molar-refractivity contribution in [1.82, 2.24) is 0 Å². The van der Waals surface area contributed by atoms with E-state index in [2.05, 4.69) is 12.6 Å². The highest BCUT2D eigenvalue weighted by Crippen LogP contribution is 2.62. The van der Waals surface area contributed by atoms with Crippen LogP contribution in [-0.4, -0.2) is 13.1 Å². The summed E-state index contributed by atoms with van der Waals surface area (Å²) >= 11 is 0. The Labute approximate surface area is 172 Å². The number of benzene rings is 2. The van der Waals surface area contributed by atoms with E-state index in [1.54, 1.807) is 19.3 Å². The Morgan fingerprint density at radius 3 is 2.31 bits per heavy atom. The molecule has 3 heteroatoms. The molecule has 3 nitrogen and oxygen atoms in total. The number of carbonyl (C=O) groups excluding carboxylic acids is 1. The molecule has 0 heterocycles. The van der Waals surface area contributed by atoms with Crippen LogP contribution in [0.1, 0.15) is 60.0 Å². The van der Waals surface area contributed by atoms with Crippen molar-refractivity contribution in [2.75, 3.05) is 7.11 Å². The van der Waals surface area contributed by atoms with Crippen molar-refractivity contribution in [3.8, 4) is 11.5 Å². The minimum atomic E-state index is -0.370. The molecule has 0 aromatic heterocycles. The van der Waals surface area contributed by atoms with Crippen LogP contribution in [0.2, 0.25) is 0 Å². The molecule has 0 N–H and O–H groups in total. The molecule has 4 saturated carbocycles. The van der Waals surface area contributed by atoms with Gasteiger partial charge in [0, 0.05) is 11.6 Å². The number of carbonyl (C=O) groups is 1. The predicted octanol–water partition coefficient (Wildman–Crippen LogP) is 6.03. The molecule has 0 saturated heterocycles. The lowest BCUT2D eigenvalue weighted by molar-refractivity contribution is -0.00617. The molecule has 4 aliphatic carbocycles. The van der Waals surface area contributed by atoms with Crippen molar-refractivity contribution in [2.45, 2.75) is 43.9 Å². The summed E-state index contributed by atoms with van der Waals surface area (Å²) in [6.45, 7) is 3.78. The van der Waals surface area contributed by atoms with Crippen LogP contribution in [0.15, 0.2) is 49.0 Å². The van der Waals surface area contributed by atoms with Gasteiger partial charge in [0.25, 0.3) is 0 Å². The molecule has 6 rings (SSSR count). The van der Waals surface area contributed by atoms with Gasteiger partial charge < -0.3 is 9.47 Å². The number of rotatable bonds is 5. The fraction of sp³-hybridized carbons (Fsp3) is 0.423. The fourth-order valence-corrected chi connectivity index (χ4v) is 6.64. The van der Waals surface area contributed by atoms with Crippen LogP contribution in [0.4, 0.5) is 0 Å². The van der Waals surface area contributed by atoms with E-state index in [9.17, 15) is 4.79 Å². The van der Waals surface area contributed by atoms with E-state index >= 15 is 0 Å². The lowest BCUT2D eigenvalue weighted by Crippen LogP contribution is -2.48. The summed E-state index contributed by atoms with van der Waals surface area (Å²) < 4.78 is 11.5. The summed E-state index contributed by atoms with van der Waals surface area (Å²) in [6, 6.07) is 13.3. The van der Waals surface area contributed by atoms with Crippen LogP contribution in [0, 0.1) is 17.8 Å². The molecule has 0 atom stereocenters. The van der Waals surface area contributed by atoms with E-state index in [-0.39, 0.29) is 11.4 Å². The largest absolute Gasteiger partial charge is 0.496 e. The van der Waals surface area contributed by atoms with E-state index in [0.717, 1.165) is 29.1 Å². The number of methoxy groups -OCH3 is 1. The van der Waals surface area contributed by atoms with Gasteiger partial charge in [0.15, 0.2) is 0 Å². The first-order valence-corrected chi connectivity index (χ1v) is 10.7. The van der Waals surface area contributed by atoms with Crippen molar-refractivity contribution in [3.05, 3.63) is 65.7 Å². The molecule has 29 heavy (non-hydrogen) atoms. The van der Waals surface area contributed by atoms with Crippen LogP contribution in [0.25, 0.3) is 6.08 Å². The summed E-state index contributed by atoms with van der Waals surface area (Å²) in [5, 5.41) is 0. The maximum atomic E-state index is 12.7. The third-order valence-corrected chi connectivity index (χ3v) is 7.39. The third-order valence-electron chi connectivity index (χ3n) is 7.39. The summed E-state index contributed by atoms with van der Waals surface area (Å²) in [5.41, 5.74) is 2.85. The van der Waals surface area contributed by atoms with Crippen molar-refractivity contribution in [2.24, 2.45) is 17.8 Å². The number of esters is 1. The van der Waals surface area contributed by atoms with E-state index in [4.69, 9.17) is 9.47 Å². The smallest absolute Gasteiger partial charge is 0.344 e. The number of ether oxygens (including phenoxy) is 2. The molecule has 0 spiro atoms. The van der Waals surface area contributed by atoms with E-state index in [1.165, 1.54) is 44.1 Å². The van der Waals surface area contributed by atoms with Crippen LogP contribution in [0.3, 0.4) is 0 Å². The molecule has 2 aromatic carbocycles. The molecular weight excluding hydrogens is 360 g/mol. The minimum Gasteiger partial charge on any atom is -0.496 e. The van der Waals surface area contributed by atoms with Gasteiger partial charge in [-0.15, -0.1) is 0 Å². The SMILES string of the molecule is C=Cc1ccccc1C(=O)Oc1ccc(C23CC4CC(CC(C4)C2)C3)c(OC)c1. The topological polar surface area (TPSA) is 35.5 Å². The Kier molecular flexibility index (Phi) is 4.49. The fourth-order valence-electron chi connectivity index (χ4n) is 6.64. The van der Waals surface area contributed by atoms with Crippen molar-refractivity contribution < 1.29 is 14.3 Å². The normalized spacial score (nSPS) is 29.5. The van der Waals surface area contributed by atoms with Crippen LogP contribution >= 0.6 is 0 Å². The first-order valence-electron chi connectivity index (χ1n) is 10.7. The highest BCUT2D eigenvalue weighted by Gasteiger charge is 2.52. The summed E-state index contributed by atoms with van der Waals surface area (Å²) in [4.78, 5) is 12.7. The summed E-state index contributed by atoms with van der Waals surface area (Å²) in [6.07, 6.45) is 9.76. The average molecular weight is 389 g/mol. The van der Waals surface area contributed by atoms with Crippen molar-refractivity contribution >= 4 is 12.0 Å². The zero-order valence-corrected chi connectivity index (χ0v) is 17.0. The zero-order chi connectivity index (χ0) is 20.0. The van der Waals surface area contributed by atoms with Gasteiger partial charge in [0.1, 0.15) is 11.5 Å². The third kappa shape index (κ3) is 3.17. The quantitative estimate of drug-likeness (QED) is 0.464. The van der Waals surface area contributed by atoms with Crippen LogP contribution in [-0.2, 0) is 5.41 Å². The monoisotopic (exact) mass is 388 g/mol. The molecule has 150 valence electrons. The molecule has 4 aliphatic rings. The molecule has 0 amide bonds. The molecular formula is C26H28O3. The van der Waals surface area contributed by atoms with Crippen molar-refractivity contribution in [1.29, 1.82) is 0 Å². The first-order chi connectivity index (χ1) is 14.1. The van der Waals surface area contributed by atoms with E-state index < -0.39 is 0 Å². The first kappa shape index (κ1) is 18.5. The van der Waals surface area contributed by atoms with Crippen LogP contribution in [0.5, 0.6) is 11.5 Å². The zero-order valence-electron chi connectivity index (χ0n) is 17.0. The van der Waals surface area contributed by atoms with E-state index in [0.29, 0.717) is 11.3 Å². The lowest BCUT2D eigenvalue weighted by Gasteiger charge is -2.57. The maximum Gasteiger partial charge on any atom is 0.344 e.